The summed E-state index contributed by atoms with van der Waals surface area (Å²) in [7, 11) is 1.67. The van der Waals surface area contributed by atoms with Gasteiger partial charge in [0, 0.05) is 12.8 Å². The van der Waals surface area contributed by atoms with E-state index in [9.17, 15) is 4.79 Å². The zero-order valence-electron chi connectivity index (χ0n) is 12.4. The number of carbonyl (C=O) groups is 1. The van der Waals surface area contributed by atoms with Gasteiger partial charge >= 0.3 is 0 Å². The predicted octanol–water partition coefficient (Wildman–Crippen LogP) is 2.69. The summed E-state index contributed by atoms with van der Waals surface area (Å²) < 4.78 is 5.12. The van der Waals surface area contributed by atoms with Crippen LogP contribution in [0.2, 0.25) is 0 Å². The first kappa shape index (κ1) is 15.0. The topological polar surface area (TPSA) is 50.4 Å². The number of benzene rings is 1. The summed E-state index contributed by atoms with van der Waals surface area (Å²) in [4.78, 5) is 12.6. The highest BCUT2D eigenvalue weighted by molar-refractivity contribution is 5.98. The summed E-state index contributed by atoms with van der Waals surface area (Å²) >= 11 is 0. The zero-order chi connectivity index (χ0) is 14.4. The molecule has 1 amide bonds. The molecular weight excluding hydrogens is 252 g/mol. The van der Waals surface area contributed by atoms with Crippen LogP contribution in [0.5, 0.6) is 0 Å². The Labute approximate surface area is 120 Å². The van der Waals surface area contributed by atoms with E-state index in [1.165, 1.54) is 0 Å². The van der Waals surface area contributed by atoms with E-state index >= 15 is 0 Å². The summed E-state index contributed by atoms with van der Waals surface area (Å²) in [5.74, 6) is 0.0893. The van der Waals surface area contributed by atoms with Crippen LogP contribution >= 0.6 is 0 Å². The highest BCUT2D eigenvalue weighted by atomic mass is 16.5. The van der Waals surface area contributed by atoms with Gasteiger partial charge in [0.15, 0.2) is 0 Å². The molecule has 110 valence electrons. The molecule has 4 heteroatoms. The predicted molar refractivity (Wildman–Crippen MR) is 80.7 cm³/mol. The van der Waals surface area contributed by atoms with Gasteiger partial charge in [-0.3, -0.25) is 4.79 Å². The second-order valence-electron chi connectivity index (χ2n) is 5.45. The van der Waals surface area contributed by atoms with Crippen LogP contribution in [-0.2, 0) is 16.1 Å². The molecule has 1 aromatic rings. The van der Waals surface area contributed by atoms with Crippen molar-refractivity contribution >= 4 is 11.6 Å². The Morgan fingerprint density at radius 3 is 3.00 bits per heavy atom. The molecule has 0 radical (unpaired) electrons. The molecule has 4 nitrogen and oxygen atoms in total. The Kier molecular flexibility index (Phi) is 5.15. The van der Waals surface area contributed by atoms with E-state index in [-0.39, 0.29) is 11.4 Å². The lowest BCUT2D eigenvalue weighted by Crippen LogP contribution is -2.50. The summed E-state index contributed by atoms with van der Waals surface area (Å²) in [6.45, 7) is 3.60. The number of hydrogen-bond donors (Lipinski definition) is 2. The van der Waals surface area contributed by atoms with Crippen LogP contribution < -0.4 is 10.6 Å². The van der Waals surface area contributed by atoms with Gasteiger partial charge in [0.2, 0.25) is 5.91 Å². The van der Waals surface area contributed by atoms with Crippen LogP contribution in [0.3, 0.4) is 0 Å². The van der Waals surface area contributed by atoms with Crippen LogP contribution in [0.25, 0.3) is 0 Å². The summed E-state index contributed by atoms with van der Waals surface area (Å²) in [6.07, 6.45) is 3.88. The van der Waals surface area contributed by atoms with Crippen molar-refractivity contribution in [3.63, 3.8) is 0 Å². The van der Waals surface area contributed by atoms with Crippen LogP contribution in [0.4, 0.5) is 5.69 Å². The van der Waals surface area contributed by atoms with Gasteiger partial charge in [-0.25, -0.2) is 0 Å². The third kappa shape index (κ3) is 3.38. The van der Waals surface area contributed by atoms with Gasteiger partial charge in [0.05, 0.1) is 12.1 Å². The first-order chi connectivity index (χ1) is 9.70. The lowest BCUT2D eigenvalue weighted by Gasteiger charge is -2.28. The summed E-state index contributed by atoms with van der Waals surface area (Å²) in [6, 6.07) is 7.83. The maximum absolute atomic E-state index is 12.6. The molecule has 1 fully saturated rings. The standard InChI is InChI=1S/C16H24N2O2/c1-3-8-16(9-5-10-17-16)15(19)18-14-7-4-6-13(11-14)12-20-2/h4,6-7,11,17H,3,5,8-10,12H2,1-2H3,(H,18,19). The van der Waals surface area contributed by atoms with Crippen LogP contribution in [0, 0.1) is 0 Å². The van der Waals surface area contributed by atoms with Crippen molar-refractivity contribution in [3.8, 4) is 0 Å². The second-order valence-corrected chi connectivity index (χ2v) is 5.45. The van der Waals surface area contributed by atoms with Gasteiger partial charge in [-0.05, 0) is 43.5 Å². The summed E-state index contributed by atoms with van der Waals surface area (Å²) in [5, 5.41) is 6.45. The van der Waals surface area contributed by atoms with E-state index < -0.39 is 0 Å². The molecule has 1 atom stereocenters. The van der Waals surface area contributed by atoms with E-state index in [1.807, 2.05) is 24.3 Å². The van der Waals surface area contributed by atoms with Gasteiger partial charge in [-0.1, -0.05) is 25.5 Å². The number of hydrogen-bond acceptors (Lipinski definition) is 3. The number of amides is 1. The molecule has 1 unspecified atom stereocenters. The Morgan fingerprint density at radius 1 is 1.50 bits per heavy atom. The molecule has 1 saturated heterocycles. The van der Waals surface area contributed by atoms with E-state index in [1.54, 1.807) is 7.11 Å². The minimum absolute atomic E-state index is 0.0893. The molecule has 1 aliphatic heterocycles. The van der Waals surface area contributed by atoms with Crippen LogP contribution in [0.15, 0.2) is 24.3 Å². The number of rotatable bonds is 6. The monoisotopic (exact) mass is 276 g/mol. The molecular formula is C16H24N2O2. The largest absolute Gasteiger partial charge is 0.380 e. The fourth-order valence-corrected chi connectivity index (χ4v) is 2.91. The third-order valence-electron chi connectivity index (χ3n) is 3.85. The van der Waals surface area contributed by atoms with Crippen molar-refractivity contribution in [2.75, 3.05) is 19.0 Å². The Morgan fingerprint density at radius 2 is 2.35 bits per heavy atom. The Bertz CT molecular complexity index is 454. The van der Waals surface area contributed by atoms with Gasteiger partial charge in [0.25, 0.3) is 0 Å². The molecule has 0 aliphatic carbocycles. The molecule has 20 heavy (non-hydrogen) atoms. The van der Waals surface area contributed by atoms with E-state index in [4.69, 9.17) is 4.74 Å². The van der Waals surface area contributed by atoms with Crippen LogP contribution in [-0.4, -0.2) is 25.1 Å². The van der Waals surface area contributed by atoms with E-state index in [2.05, 4.69) is 17.6 Å². The Balaban J connectivity index is 2.08. The normalized spacial score (nSPS) is 21.9. The molecule has 0 spiro atoms. The average Bonchev–Trinajstić information content (AvgIpc) is 2.90. The molecule has 2 N–H and O–H groups in total. The molecule has 2 rings (SSSR count). The summed E-state index contributed by atoms with van der Waals surface area (Å²) in [5.41, 5.74) is 1.52. The number of nitrogens with one attached hydrogen (secondary N) is 2. The lowest BCUT2D eigenvalue weighted by molar-refractivity contribution is -0.122. The van der Waals surface area contributed by atoms with Crippen molar-refractivity contribution in [2.24, 2.45) is 0 Å². The SMILES string of the molecule is CCCC1(C(=O)Nc2cccc(COC)c2)CCCN1. The van der Waals surface area contributed by atoms with Crippen molar-refractivity contribution < 1.29 is 9.53 Å². The fraction of sp³-hybridized carbons (Fsp3) is 0.562. The van der Waals surface area contributed by atoms with E-state index in [0.29, 0.717) is 6.61 Å². The lowest BCUT2D eigenvalue weighted by atomic mass is 9.90. The van der Waals surface area contributed by atoms with Crippen LogP contribution in [0.1, 0.15) is 38.2 Å². The van der Waals surface area contributed by atoms with Crippen molar-refractivity contribution in [1.29, 1.82) is 0 Å². The fourth-order valence-electron chi connectivity index (χ4n) is 2.91. The van der Waals surface area contributed by atoms with Gasteiger partial charge in [-0.2, -0.15) is 0 Å². The highest BCUT2D eigenvalue weighted by Gasteiger charge is 2.39. The smallest absolute Gasteiger partial charge is 0.244 e. The van der Waals surface area contributed by atoms with Crippen molar-refractivity contribution in [3.05, 3.63) is 29.8 Å². The zero-order valence-corrected chi connectivity index (χ0v) is 12.4. The van der Waals surface area contributed by atoms with Crippen molar-refractivity contribution in [1.82, 2.24) is 5.32 Å². The molecule has 0 saturated carbocycles. The first-order valence-corrected chi connectivity index (χ1v) is 7.34. The van der Waals surface area contributed by atoms with Gasteiger partial charge in [-0.15, -0.1) is 0 Å². The minimum Gasteiger partial charge on any atom is -0.380 e. The minimum atomic E-state index is -0.383. The number of carbonyl (C=O) groups excluding carboxylic acids is 1. The molecule has 1 aliphatic rings. The van der Waals surface area contributed by atoms with Gasteiger partial charge in [0.1, 0.15) is 0 Å². The Hall–Kier alpha value is -1.39. The quantitative estimate of drug-likeness (QED) is 0.840. The number of methoxy groups -OCH3 is 1. The molecule has 0 aromatic heterocycles. The molecule has 0 bridgehead atoms. The van der Waals surface area contributed by atoms with Crippen molar-refractivity contribution in [2.45, 2.75) is 44.8 Å². The number of ether oxygens (including phenoxy) is 1. The second kappa shape index (κ2) is 6.86. The molecule has 1 aromatic carbocycles. The van der Waals surface area contributed by atoms with Gasteiger partial charge < -0.3 is 15.4 Å². The highest BCUT2D eigenvalue weighted by Crippen LogP contribution is 2.26. The van der Waals surface area contributed by atoms with E-state index in [0.717, 1.165) is 43.5 Å². The maximum atomic E-state index is 12.6. The number of anilines is 1. The maximum Gasteiger partial charge on any atom is 0.244 e. The molecule has 1 heterocycles. The average molecular weight is 276 g/mol. The third-order valence-corrected chi connectivity index (χ3v) is 3.85. The first-order valence-electron chi connectivity index (χ1n) is 7.34.